The van der Waals surface area contributed by atoms with Crippen molar-refractivity contribution >= 4 is 35.0 Å². The van der Waals surface area contributed by atoms with Gasteiger partial charge < -0.3 is 14.6 Å². The Hall–Kier alpha value is -1.66. The molecular formula is C14H16ClN3O2S. The zero-order valence-electron chi connectivity index (χ0n) is 11.8. The molecule has 0 saturated heterocycles. The van der Waals surface area contributed by atoms with Crippen molar-refractivity contribution in [3.63, 3.8) is 0 Å². The molecule has 1 aromatic carbocycles. The molecular weight excluding hydrogens is 310 g/mol. The smallest absolute Gasteiger partial charge is 0.234 e. The lowest BCUT2D eigenvalue weighted by Gasteiger charge is -2.10. The number of aryl methyl sites for hydroxylation is 1. The molecule has 0 aliphatic carbocycles. The number of carbonyl (C=O) groups excluding carboxylic acids is 1. The van der Waals surface area contributed by atoms with Gasteiger partial charge in [-0.15, -0.1) is 0 Å². The minimum atomic E-state index is -0.133. The molecule has 0 radical (unpaired) electrons. The second-order valence-electron chi connectivity index (χ2n) is 4.18. The molecule has 7 heteroatoms. The monoisotopic (exact) mass is 325 g/mol. The van der Waals surface area contributed by atoms with Gasteiger partial charge in [0.15, 0.2) is 5.16 Å². The lowest BCUT2D eigenvalue weighted by molar-refractivity contribution is -0.113. The molecule has 5 nitrogen and oxygen atoms in total. The molecule has 0 unspecified atom stereocenters. The van der Waals surface area contributed by atoms with Crippen molar-refractivity contribution in [3.05, 3.63) is 35.6 Å². The molecule has 1 N–H and O–H groups in total. The van der Waals surface area contributed by atoms with Crippen LogP contribution in [0, 0.1) is 0 Å². The van der Waals surface area contributed by atoms with Crippen LogP contribution in [0.15, 0.2) is 35.7 Å². The van der Waals surface area contributed by atoms with E-state index in [0.717, 1.165) is 11.7 Å². The van der Waals surface area contributed by atoms with Crippen LogP contribution in [-0.2, 0) is 11.3 Å². The summed E-state index contributed by atoms with van der Waals surface area (Å²) in [6.45, 7) is 2.86. The van der Waals surface area contributed by atoms with Crippen molar-refractivity contribution in [1.29, 1.82) is 0 Å². The van der Waals surface area contributed by atoms with Crippen LogP contribution in [0.2, 0.25) is 5.02 Å². The van der Waals surface area contributed by atoms with E-state index in [2.05, 4.69) is 10.3 Å². The quantitative estimate of drug-likeness (QED) is 0.828. The number of nitrogens with zero attached hydrogens (tertiary/aromatic N) is 2. The highest BCUT2D eigenvalue weighted by molar-refractivity contribution is 7.99. The van der Waals surface area contributed by atoms with E-state index >= 15 is 0 Å². The van der Waals surface area contributed by atoms with Gasteiger partial charge in [0.05, 0.1) is 18.6 Å². The van der Waals surface area contributed by atoms with E-state index in [4.69, 9.17) is 16.3 Å². The van der Waals surface area contributed by atoms with E-state index in [1.165, 1.54) is 11.8 Å². The summed E-state index contributed by atoms with van der Waals surface area (Å²) in [6, 6.07) is 5.09. The number of carbonyl (C=O) groups is 1. The summed E-state index contributed by atoms with van der Waals surface area (Å²) in [5, 5.41) is 4.16. The van der Waals surface area contributed by atoms with Crippen LogP contribution in [0.25, 0.3) is 0 Å². The maximum Gasteiger partial charge on any atom is 0.234 e. The lowest BCUT2D eigenvalue weighted by Crippen LogP contribution is -2.15. The van der Waals surface area contributed by atoms with Crippen LogP contribution in [-0.4, -0.2) is 28.3 Å². The Kier molecular flexibility index (Phi) is 5.52. The first-order valence-corrected chi connectivity index (χ1v) is 7.77. The summed E-state index contributed by atoms with van der Waals surface area (Å²) in [6.07, 6.45) is 3.62. The topological polar surface area (TPSA) is 56.2 Å². The largest absolute Gasteiger partial charge is 0.495 e. The van der Waals surface area contributed by atoms with Crippen molar-refractivity contribution in [2.75, 3.05) is 18.2 Å². The van der Waals surface area contributed by atoms with Crippen LogP contribution >= 0.6 is 23.4 Å². The highest BCUT2D eigenvalue weighted by Gasteiger charge is 2.10. The predicted octanol–water partition coefficient (Wildman–Crippen LogP) is 3.30. The van der Waals surface area contributed by atoms with Gasteiger partial charge in [-0.25, -0.2) is 4.98 Å². The van der Waals surface area contributed by atoms with Crippen LogP contribution in [0.4, 0.5) is 5.69 Å². The number of halogens is 1. The highest BCUT2D eigenvalue weighted by Crippen LogP contribution is 2.28. The number of rotatable bonds is 6. The van der Waals surface area contributed by atoms with Gasteiger partial charge in [0, 0.05) is 24.0 Å². The summed E-state index contributed by atoms with van der Waals surface area (Å²) >= 11 is 7.32. The summed E-state index contributed by atoms with van der Waals surface area (Å²) < 4.78 is 7.18. The molecule has 0 aliphatic rings. The lowest BCUT2D eigenvalue weighted by atomic mass is 10.3. The number of imidazole rings is 1. The van der Waals surface area contributed by atoms with Crippen LogP contribution in [0.1, 0.15) is 6.92 Å². The second-order valence-corrected chi connectivity index (χ2v) is 5.56. The van der Waals surface area contributed by atoms with Gasteiger partial charge >= 0.3 is 0 Å². The Morgan fingerprint density at radius 1 is 1.52 bits per heavy atom. The van der Waals surface area contributed by atoms with Gasteiger partial charge in [-0.05, 0) is 25.1 Å². The standard InChI is InChI=1S/C14H16ClN3O2S/c1-3-18-7-6-16-14(18)21-9-13(19)17-11-8-10(15)4-5-12(11)20-2/h4-8H,3,9H2,1-2H3,(H,17,19). The number of methoxy groups -OCH3 is 1. The number of nitrogens with one attached hydrogen (secondary N) is 1. The minimum Gasteiger partial charge on any atom is -0.495 e. The van der Waals surface area contributed by atoms with E-state index in [1.807, 2.05) is 17.7 Å². The molecule has 0 aliphatic heterocycles. The molecule has 21 heavy (non-hydrogen) atoms. The number of hydrogen-bond donors (Lipinski definition) is 1. The van der Waals surface area contributed by atoms with Gasteiger partial charge in [0.25, 0.3) is 0 Å². The normalized spacial score (nSPS) is 10.4. The molecule has 1 heterocycles. The first kappa shape index (κ1) is 15.7. The molecule has 2 aromatic rings. The number of thioether (sulfide) groups is 1. The fourth-order valence-electron chi connectivity index (χ4n) is 1.77. The first-order valence-electron chi connectivity index (χ1n) is 6.41. The minimum absolute atomic E-state index is 0.133. The Bertz CT molecular complexity index is 630. The number of aromatic nitrogens is 2. The third-order valence-corrected chi connectivity index (χ3v) is 4.03. The first-order chi connectivity index (χ1) is 10.1. The van der Waals surface area contributed by atoms with Crippen molar-refractivity contribution < 1.29 is 9.53 Å². The molecule has 1 aromatic heterocycles. The third kappa shape index (κ3) is 4.15. The molecule has 112 valence electrons. The number of amides is 1. The number of hydrogen-bond acceptors (Lipinski definition) is 4. The summed E-state index contributed by atoms with van der Waals surface area (Å²) in [5.41, 5.74) is 0.564. The zero-order valence-corrected chi connectivity index (χ0v) is 13.4. The number of anilines is 1. The van der Waals surface area contributed by atoms with Gasteiger partial charge in [-0.3, -0.25) is 4.79 Å². The molecule has 2 rings (SSSR count). The Morgan fingerprint density at radius 3 is 3.05 bits per heavy atom. The SMILES string of the molecule is CCn1ccnc1SCC(=O)Nc1cc(Cl)ccc1OC. The predicted molar refractivity (Wildman–Crippen MR) is 85.3 cm³/mol. The molecule has 0 bridgehead atoms. The van der Waals surface area contributed by atoms with E-state index in [1.54, 1.807) is 31.5 Å². The highest BCUT2D eigenvalue weighted by atomic mass is 35.5. The van der Waals surface area contributed by atoms with E-state index in [0.29, 0.717) is 16.5 Å². The maximum atomic E-state index is 12.0. The van der Waals surface area contributed by atoms with E-state index in [9.17, 15) is 4.79 Å². The van der Waals surface area contributed by atoms with Gasteiger partial charge in [0.2, 0.25) is 5.91 Å². The Balaban J connectivity index is 1.97. The van der Waals surface area contributed by atoms with Crippen molar-refractivity contribution in [2.45, 2.75) is 18.6 Å². The molecule has 0 atom stereocenters. The summed E-state index contributed by atoms with van der Waals surface area (Å²) in [5.74, 6) is 0.714. The Labute approximate surface area is 132 Å². The zero-order chi connectivity index (χ0) is 15.2. The summed E-state index contributed by atoms with van der Waals surface area (Å²) in [7, 11) is 1.55. The van der Waals surface area contributed by atoms with Gasteiger partial charge in [0.1, 0.15) is 5.75 Å². The second kappa shape index (κ2) is 7.38. The fourth-order valence-corrected chi connectivity index (χ4v) is 2.77. The van der Waals surface area contributed by atoms with Gasteiger partial charge in [-0.1, -0.05) is 23.4 Å². The van der Waals surface area contributed by atoms with Crippen molar-refractivity contribution in [1.82, 2.24) is 9.55 Å². The molecule has 0 saturated carbocycles. The van der Waals surface area contributed by atoms with Crippen LogP contribution in [0.3, 0.4) is 0 Å². The average Bonchev–Trinajstić information content (AvgIpc) is 2.93. The van der Waals surface area contributed by atoms with Crippen LogP contribution in [0.5, 0.6) is 5.75 Å². The fraction of sp³-hybridized carbons (Fsp3) is 0.286. The number of ether oxygens (including phenoxy) is 1. The molecule has 1 amide bonds. The van der Waals surface area contributed by atoms with Crippen molar-refractivity contribution in [2.24, 2.45) is 0 Å². The van der Waals surface area contributed by atoms with E-state index < -0.39 is 0 Å². The third-order valence-electron chi connectivity index (χ3n) is 2.79. The average molecular weight is 326 g/mol. The maximum absolute atomic E-state index is 12.0. The van der Waals surface area contributed by atoms with Gasteiger partial charge in [-0.2, -0.15) is 0 Å². The molecule has 0 spiro atoms. The number of benzene rings is 1. The van der Waals surface area contributed by atoms with Crippen molar-refractivity contribution in [3.8, 4) is 5.75 Å². The van der Waals surface area contributed by atoms with E-state index in [-0.39, 0.29) is 11.7 Å². The molecule has 0 fully saturated rings. The van der Waals surface area contributed by atoms with Crippen LogP contribution < -0.4 is 10.1 Å². The Morgan fingerprint density at radius 2 is 2.33 bits per heavy atom. The summed E-state index contributed by atoms with van der Waals surface area (Å²) in [4.78, 5) is 16.2.